The molecule has 1 amide bonds. The number of carbonyl (C=O) groups excluding carboxylic acids is 1. The highest BCUT2D eigenvalue weighted by molar-refractivity contribution is 5.79. The fourth-order valence-electron chi connectivity index (χ4n) is 3.92. The van der Waals surface area contributed by atoms with E-state index >= 15 is 0 Å². The maximum absolute atomic E-state index is 13.4. The summed E-state index contributed by atoms with van der Waals surface area (Å²) in [6, 6.07) is 18.9. The fourth-order valence-corrected chi connectivity index (χ4v) is 3.92. The summed E-state index contributed by atoms with van der Waals surface area (Å²) in [5, 5.41) is 2.74. The summed E-state index contributed by atoms with van der Waals surface area (Å²) < 4.78 is 18.9. The number of alkyl carbamates (subject to hydrolysis) is 1. The Hall–Kier alpha value is -3.80. The van der Waals surface area contributed by atoms with Crippen LogP contribution in [0.4, 0.5) is 20.6 Å². The van der Waals surface area contributed by atoms with Crippen molar-refractivity contribution in [1.82, 2.24) is 5.32 Å². The number of hydrogen-bond donors (Lipinski definition) is 3. The lowest BCUT2D eigenvalue weighted by Crippen LogP contribution is -2.26. The van der Waals surface area contributed by atoms with Crippen LogP contribution in [0.5, 0.6) is 0 Å². The molecule has 4 rings (SSSR count). The number of benzene rings is 3. The van der Waals surface area contributed by atoms with Gasteiger partial charge in [-0.15, -0.1) is 0 Å². The highest BCUT2D eigenvalue weighted by Gasteiger charge is 2.28. The molecule has 0 saturated carbocycles. The van der Waals surface area contributed by atoms with Gasteiger partial charge in [-0.3, -0.25) is 0 Å². The standard InChI is InChI=1S/C25H24FN3O2/c26-17-13-16(24(28)23(27)14-17)7-5-6-12-29-25(30)31-15-22-20-10-3-1-8-18(20)19-9-2-4-11-21(19)22/h1-5,7-11,13-14,22H,6,12,15,27-28H2,(H,29,30). The van der Waals surface area contributed by atoms with E-state index in [0.717, 1.165) is 0 Å². The van der Waals surface area contributed by atoms with Crippen molar-refractivity contribution in [3.05, 3.63) is 89.2 Å². The smallest absolute Gasteiger partial charge is 0.407 e. The van der Waals surface area contributed by atoms with Crippen molar-refractivity contribution in [2.45, 2.75) is 12.3 Å². The number of anilines is 2. The van der Waals surface area contributed by atoms with Crippen LogP contribution in [0, 0.1) is 5.82 Å². The zero-order valence-corrected chi connectivity index (χ0v) is 17.0. The first kappa shape index (κ1) is 20.5. The van der Waals surface area contributed by atoms with E-state index in [-0.39, 0.29) is 18.2 Å². The van der Waals surface area contributed by atoms with Gasteiger partial charge in [-0.05, 0) is 40.8 Å². The molecule has 31 heavy (non-hydrogen) atoms. The van der Waals surface area contributed by atoms with Crippen molar-refractivity contribution in [2.75, 3.05) is 24.6 Å². The number of amides is 1. The molecular weight excluding hydrogens is 393 g/mol. The Labute approximate surface area is 180 Å². The zero-order chi connectivity index (χ0) is 21.8. The van der Waals surface area contributed by atoms with E-state index in [0.29, 0.717) is 24.2 Å². The van der Waals surface area contributed by atoms with Gasteiger partial charge in [0.15, 0.2) is 0 Å². The molecule has 1 aliphatic rings. The average molecular weight is 417 g/mol. The molecule has 0 saturated heterocycles. The van der Waals surface area contributed by atoms with Crippen molar-refractivity contribution >= 4 is 23.5 Å². The topological polar surface area (TPSA) is 90.4 Å². The lowest BCUT2D eigenvalue weighted by Gasteiger charge is -2.14. The maximum atomic E-state index is 13.4. The highest BCUT2D eigenvalue weighted by atomic mass is 19.1. The Kier molecular flexibility index (Phi) is 5.89. The molecule has 3 aromatic rings. The number of carbonyl (C=O) groups is 1. The molecular formula is C25H24FN3O2. The van der Waals surface area contributed by atoms with Crippen LogP contribution in [-0.4, -0.2) is 19.2 Å². The molecule has 0 unspecified atom stereocenters. The lowest BCUT2D eigenvalue weighted by molar-refractivity contribution is 0.143. The molecule has 0 aromatic heterocycles. The number of halogens is 1. The van der Waals surface area contributed by atoms with Crippen LogP contribution in [0.2, 0.25) is 0 Å². The minimum Gasteiger partial charge on any atom is -0.449 e. The van der Waals surface area contributed by atoms with Gasteiger partial charge < -0.3 is 21.5 Å². The first-order valence-electron chi connectivity index (χ1n) is 10.1. The van der Waals surface area contributed by atoms with Gasteiger partial charge in [0.25, 0.3) is 0 Å². The number of hydrogen-bond acceptors (Lipinski definition) is 4. The summed E-state index contributed by atoms with van der Waals surface area (Å²) in [7, 11) is 0. The van der Waals surface area contributed by atoms with Crippen LogP contribution in [-0.2, 0) is 4.74 Å². The Morgan fingerprint density at radius 3 is 2.35 bits per heavy atom. The van der Waals surface area contributed by atoms with Crippen LogP contribution in [0.3, 0.4) is 0 Å². The number of nitrogens with two attached hydrogens (primary N) is 2. The third-order valence-corrected chi connectivity index (χ3v) is 5.43. The third-order valence-electron chi connectivity index (χ3n) is 5.43. The molecule has 0 bridgehead atoms. The van der Waals surface area contributed by atoms with E-state index in [2.05, 4.69) is 29.6 Å². The summed E-state index contributed by atoms with van der Waals surface area (Å²) in [4.78, 5) is 12.2. The second-order valence-corrected chi connectivity index (χ2v) is 7.44. The monoisotopic (exact) mass is 417 g/mol. The van der Waals surface area contributed by atoms with Gasteiger partial charge in [-0.1, -0.05) is 60.7 Å². The molecule has 5 nitrogen and oxygen atoms in total. The number of nitrogen functional groups attached to an aromatic ring is 2. The van der Waals surface area contributed by atoms with E-state index in [1.807, 2.05) is 24.3 Å². The molecule has 0 atom stereocenters. The first-order chi connectivity index (χ1) is 15.0. The molecule has 0 fully saturated rings. The van der Waals surface area contributed by atoms with Gasteiger partial charge in [-0.25, -0.2) is 9.18 Å². The lowest BCUT2D eigenvalue weighted by atomic mass is 9.98. The quantitative estimate of drug-likeness (QED) is 0.392. The second-order valence-electron chi connectivity index (χ2n) is 7.44. The Morgan fingerprint density at radius 1 is 1.03 bits per heavy atom. The Bertz CT molecular complexity index is 1100. The molecule has 0 spiro atoms. The molecule has 0 heterocycles. The molecule has 1 aliphatic carbocycles. The summed E-state index contributed by atoms with van der Waals surface area (Å²) >= 11 is 0. The zero-order valence-electron chi connectivity index (χ0n) is 17.0. The SMILES string of the molecule is Nc1cc(F)cc(C=CCCNC(=O)OCC2c3ccccc3-c3ccccc32)c1N. The van der Waals surface area contributed by atoms with Crippen LogP contribution in [0.25, 0.3) is 17.2 Å². The predicted octanol–water partition coefficient (Wildman–Crippen LogP) is 4.93. The van der Waals surface area contributed by atoms with Crippen LogP contribution < -0.4 is 16.8 Å². The highest BCUT2D eigenvalue weighted by Crippen LogP contribution is 2.44. The van der Waals surface area contributed by atoms with Crippen molar-refractivity contribution in [3.63, 3.8) is 0 Å². The molecule has 158 valence electrons. The fraction of sp³-hybridized carbons (Fsp3) is 0.160. The largest absolute Gasteiger partial charge is 0.449 e. The van der Waals surface area contributed by atoms with E-state index in [9.17, 15) is 9.18 Å². The molecule has 3 aromatic carbocycles. The first-order valence-corrected chi connectivity index (χ1v) is 10.1. The number of fused-ring (bicyclic) bond motifs is 3. The second kappa shape index (κ2) is 8.92. The average Bonchev–Trinajstić information content (AvgIpc) is 3.09. The van der Waals surface area contributed by atoms with E-state index < -0.39 is 11.9 Å². The minimum atomic E-state index is -0.468. The van der Waals surface area contributed by atoms with Gasteiger partial charge >= 0.3 is 6.09 Å². The van der Waals surface area contributed by atoms with Gasteiger partial charge in [0.05, 0.1) is 11.4 Å². The normalized spacial score (nSPS) is 12.5. The maximum Gasteiger partial charge on any atom is 0.407 e. The van der Waals surface area contributed by atoms with Gasteiger partial charge in [-0.2, -0.15) is 0 Å². The third kappa shape index (κ3) is 4.38. The molecule has 5 N–H and O–H groups in total. The molecule has 0 radical (unpaired) electrons. The van der Waals surface area contributed by atoms with Crippen molar-refractivity contribution in [2.24, 2.45) is 0 Å². The molecule has 0 aliphatic heterocycles. The summed E-state index contributed by atoms with van der Waals surface area (Å²) in [6.45, 7) is 0.659. The van der Waals surface area contributed by atoms with Gasteiger partial charge in [0, 0.05) is 18.0 Å². The molecule has 6 heteroatoms. The van der Waals surface area contributed by atoms with Crippen LogP contribution in [0.1, 0.15) is 29.0 Å². The van der Waals surface area contributed by atoms with Crippen molar-refractivity contribution < 1.29 is 13.9 Å². The number of rotatable bonds is 6. The van der Waals surface area contributed by atoms with E-state index in [4.69, 9.17) is 16.2 Å². The summed E-state index contributed by atoms with van der Waals surface area (Å²) in [5.41, 5.74) is 17.3. The number of ether oxygens (including phenoxy) is 1. The van der Waals surface area contributed by atoms with Crippen LogP contribution >= 0.6 is 0 Å². The van der Waals surface area contributed by atoms with Crippen LogP contribution in [0.15, 0.2) is 66.7 Å². The predicted molar refractivity (Wildman–Crippen MR) is 122 cm³/mol. The summed E-state index contributed by atoms with van der Waals surface area (Å²) in [5.74, 6) is -0.414. The van der Waals surface area contributed by atoms with E-state index in [1.54, 1.807) is 12.2 Å². The van der Waals surface area contributed by atoms with Crippen molar-refractivity contribution in [1.29, 1.82) is 0 Å². The van der Waals surface area contributed by atoms with Gasteiger partial charge in [0.1, 0.15) is 12.4 Å². The number of nitrogens with one attached hydrogen (secondary N) is 1. The Morgan fingerprint density at radius 2 is 1.68 bits per heavy atom. The Balaban J connectivity index is 1.29. The minimum absolute atomic E-state index is 0.0273. The van der Waals surface area contributed by atoms with Crippen molar-refractivity contribution in [3.8, 4) is 11.1 Å². The van der Waals surface area contributed by atoms with E-state index in [1.165, 1.54) is 34.4 Å². The van der Waals surface area contributed by atoms with Gasteiger partial charge in [0.2, 0.25) is 0 Å². The summed E-state index contributed by atoms with van der Waals surface area (Å²) in [6.07, 6.45) is 3.56.